The highest BCUT2D eigenvalue weighted by Crippen LogP contribution is 2.33. The van der Waals surface area contributed by atoms with Crippen LogP contribution >= 0.6 is 0 Å². The van der Waals surface area contributed by atoms with Gasteiger partial charge in [-0.3, -0.25) is 4.98 Å². The summed E-state index contributed by atoms with van der Waals surface area (Å²) in [5, 5.41) is 22.3. The van der Waals surface area contributed by atoms with E-state index in [0.717, 1.165) is 27.9 Å². The van der Waals surface area contributed by atoms with Crippen molar-refractivity contribution in [2.45, 2.75) is 26.2 Å². The van der Waals surface area contributed by atoms with Gasteiger partial charge in [0.2, 0.25) is 0 Å². The molecule has 176 valence electrons. The Kier molecular flexibility index (Phi) is 7.21. The zero-order chi connectivity index (χ0) is 24.8. The van der Waals surface area contributed by atoms with Gasteiger partial charge in [-0.15, -0.1) is 0 Å². The van der Waals surface area contributed by atoms with Crippen LogP contribution in [-0.2, 0) is 0 Å². The Balaban J connectivity index is 1.66. The maximum absolute atomic E-state index is 10.7. The minimum absolute atomic E-state index is 0.0176. The van der Waals surface area contributed by atoms with Gasteiger partial charge < -0.3 is 15.1 Å². The van der Waals surface area contributed by atoms with Crippen LogP contribution in [0.4, 0.5) is 4.79 Å². The molecule has 0 amide bonds. The van der Waals surface area contributed by atoms with E-state index in [9.17, 15) is 10.0 Å². The fourth-order valence-electron chi connectivity index (χ4n) is 4.24. The molecular weight excluding hydrogens is 440 g/mol. The third-order valence-corrected chi connectivity index (χ3v) is 6.02. The molecule has 6 heteroatoms. The number of aryl methyl sites for hydroxylation is 2. The normalized spacial score (nSPS) is 12.2. The highest BCUT2D eigenvalue weighted by Gasteiger charge is 2.20. The van der Waals surface area contributed by atoms with Crippen molar-refractivity contribution in [3.05, 3.63) is 119 Å². The van der Waals surface area contributed by atoms with Crippen LogP contribution in [0.2, 0.25) is 0 Å². The largest absolute Gasteiger partial charge is 0.511 e. The summed E-state index contributed by atoms with van der Waals surface area (Å²) in [7, 11) is 0. The lowest BCUT2D eigenvalue weighted by molar-refractivity contribution is 0.144. The van der Waals surface area contributed by atoms with Crippen molar-refractivity contribution >= 4 is 11.9 Å². The highest BCUT2D eigenvalue weighted by atomic mass is 16.7. The smallest absolute Gasteiger partial charge is 0.449 e. The Labute approximate surface area is 204 Å². The molecule has 0 radical (unpaired) electrons. The summed E-state index contributed by atoms with van der Waals surface area (Å²) >= 11 is 0. The predicted molar refractivity (Wildman–Crippen MR) is 135 cm³/mol. The highest BCUT2D eigenvalue weighted by molar-refractivity contribution is 6.01. The average molecular weight is 467 g/mol. The van der Waals surface area contributed by atoms with Crippen molar-refractivity contribution in [1.29, 1.82) is 0 Å². The molecule has 0 bridgehead atoms. The summed E-state index contributed by atoms with van der Waals surface area (Å²) in [6.07, 6.45) is 0.906. The van der Waals surface area contributed by atoms with Crippen LogP contribution < -0.4 is 4.74 Å². The maximum atomic E-state index is 10.7. The molecule has 1 atom stereocenters. The first kappa shape index (κ1) is 23.7. The third-order valence-electron chi connectivity index (χ3n) is 6.02. The molecule has 0 saturated carbocycles. The topological polar surface area (TPSA) is 92.0 Å². The molecule has 35 heavy (non-hydrogen) atoms. The lowest BCUT2D eigenvalue weighted by atomic mass is 9.83. The van der Waals surface area contributed by atoms with Gasteiger partial charge in [-0.2, -0.15) is 0 Å². The van der Waals surface area contributed by atoms with Gasteiger partial charge in [-0.1, -0.05) is 65.8 Å². The van der Waals surface area contributed by atoms with Crippen molar-refractivity contribution in [3.63, 3.8) is 0 Å². The number of rotatable bonds is 7. The molecule has 1 unspecified atom stereocenters. The van der Waals surface area contributed by atoms with E-state index in [1.807, 2.05) is 55.5 Å². The summed E-state index contributed by atoms with van der Waals surface area (Å²) in [6.45, 7) is 4.00. The van der Waals surface area contributed by atoms with Gasteiger partial charge >= 0.3 is 6.16 Å². The Morgan fingerprint density at radius 1 is 0.943 bits per heavy atom. The van der Waals surface area contributed by atoms with Gasteiger partial charge in [0.25, 0.3) is 0 Å². The molecule has 0 spiro atoms. The molecule has 0 aliphatic heterocycles. The van der Waals surface area contributed by atoms with Gasteiger partial charge in [0.05, 0.1) is 5.71 Å². The summed E-state index contributed by atoms with van der Waals surface area (Å²) < 4.78 is 4.69. The molecule has 0 fully saturated rings. The SMILES string of the molecule is Cc1cc(C(CC(c2ccc(-c3ccc(OC(=O)O)cc3)cc2)c2ccccc2C)=NO)ccn1. The second kappa shape index (κ2) is 10.7. The molecule has 0 aliphatic carbocycles. The number of carboxylic acid groups (broad SMARTS) is 1. The standard InChI is InChI=1S/C29H26N2O4/c1-19-5-3-4-6-26(19)27(18-28(31-34)24-15-16-30-20(2)17-24)23-9-7-21(8-10-23)22-11-13-25(14-12-22)35-29(32)33/h3-17,27,34H,18H2,1-2H3,(H,32,33). The fourth-order valence-corrected chi connectivity index (χ4v) is 4.24. The molecular formula is C29H26N2O4. The lowest BCUT2D eigenvalue weighted by Crippen LogP contribution is -2.12. The van der Waals surface area contributed by atoms with E-state index < -0.39 is 6.16 Å². The number of carbonyl (C=O) groups is 1. The number of hydrogen-bond donors (Lipinski definition) is 2. The number of ether oxygens (including phenoxy) is 1. The Hall–Kier alpha value is -4.45. The minimum Gasteiger partial charge on any atom is -0.449 e. The second-order valence-electron chi connectivity index (χ2n) is 8.36. The first-order valence-corrected chi connectivity index (χ1v) is 11.2. The minimum atomic E-state index is -1.34. The van der Waals surface area contributed by atoms with Crippen LogP contribution in [0.3, 0.4) is 0 Å². The van der Waals surface area contributed by atoms with Crippen molar-refractivity contribution in [2.24, 2.45) is 5.16 Å². The molecule has 4 aromatic rings. The van der Waals surface area contributed by atoms with Crippen LogP contribution in [0.25, 0.3) is 11.1 Å². The first-order valence-electron chi connectivity index (χ1n) is 11.2. The van der Waals surface area contributed by atoms with Crippen LogP contribution in [0.1, 0.15) is 40.3 Å². The van der Waals surface area contributed by atoms with E-state index in [-0.39, 0.29) is 11.7 Å². The Bertz CT molecular complexity index is 1350. The monoisotopic (exact) mass is 466 g/mol. The molecule has 1 heterocycles. The van der Waals surface area contributed by atoms with Gasteiger partial charge in [-0.25, -0.2) is 4.79 Å². The zero-order valence-corrected chi connectivity index (χ0v) is 19.6. The molecule has 6 nitrogen and oxygen atoms in total. The van der Waals surface area contributed by atoms with Crippen molar-refractivity contribution in [2.75, 3.05) is 0 Å². The van der Waals surface area contributed by atoms with E-state index in [4.69, 9.17) is 5.11 Å². The average Bonchev–Trinajstić information content (AvgIpc) is 2.86. The van der Waals surface area contributed by atoms with Crippen molar-refractivity contribution in [3.8, 4) is 16.9 Å². The van der Waals surface area contributed by atoms with E-state index in [2.05, 4.69) is 46.1 Å². The van der Waals surface area contributed by atoms with Crippen LogP contribution in [0.5, 0.6) is 5.75 Å². The summed E-state index contributed by atoms with van der Waals surface area (Å²) in [4.78, 5) is 15.0. The van der Waals surface area contributed by atoms with Gasteiger partial charge in [-0.05, 0) is 65.9 Å². The number of benzene rings is 3. The van der Waals surface area contributed by atoms with Gasteiger partial charge in [0.15, 0.2) is 0 Å². The predicted octanol–water partition coefficient (Wildman–Crippen LogP) is 6.82. The van der Waals surface area contributed by atoms with Crippen molar-refractivity contribution < 1.29 is 19.8 Å². The van der Waals surface area contributed by atoms with Crippen LogP contribution in [0, 0.1) is 13.8 Å². The molecule has 0 aliphatic rings. The maximum Gasteiger partial charge on any atom is 0.511 e. The molecule has 2 N–H and O–H groups in total. The first-order chi connectivity index (χ1) is 16.9. The van der Waals surface area contributed by atoms with E-state index in [1.165, 1.54) is 11.1 Å². The third kappa shape index (κ3) is 5.73. The second-order valence-corrected chi connectivity index (χ2v) is 8.36. The molecule has 1 aromatic heterocycles. The van der Waals surface area contributed by atoms with E-state index >= 15 is 0 Å². The fraction of sp³-hybridized carbons (Fsp3) is 0.138. The summed E-state index contributed by atoms with van der Waals surface area (Å²) in [5.74, 6) is 0.260. The Morgan fingerprint density at radius 3 is 2.20 bits per heavy atom. The van der Waals surface area contributed by atoms with Crippen LogP contribution in [0.15, 0.2) is 96.3 Å². The number of pyridine rings is 1. The summed E-state index contributed by atoms with van der Waals surface area (Å²) in [5.41, 5.74) is 7.69. The quantitative estimate of drug-likeness (QED) is 0.102. The van der Waals surface area contributed by atoms with E-state index in [0.29, 0.717) is 12.1 Å². The van der Waals surface area contributed by atoms with Crippen molar-refractivity contribution in [1.82, 2.24) is 4.98 Å². The lowest BCUT2D eigenvalue weighted by Gasteiger charge is -2.21. The van der Waals surface area contributed by atoms with Crippen LogP contribution in [-0.4, -0.2) is 27.2 Å². The van der Waals surface area contributed by atoms with E-state index in [1.54, 1.807) is 18.3 Å². The number of aromatic nitrogens is 1. The molecule has 0 saturated heterocycles. The Morgan fingerprint density at radius 2 is 1.60 bits per heavy atom. The molecule has 3 aromatic carbocycles. The van der Waals surface area contributed by atoms with Gasteiger partial charge in [0, 0.05) is 29.8 Å². The van der Waals surface area contributed by atoms with Gasteiger partial charge in [0.1, 0.15) is 5.75 Å². The molecule has 4 rings (SSSR count). The summed E-state index contributed by atoms with van der Waals surface area (Å²) in [6, 6.07) is 27.2. The number of oxime groups is 1. The number of nitrogens with zero attached hydrogens (tertiary/aromatic N) is 2. The number of hydrogen-bond acceptors (Lipinski definition) is 5. The zero-order valence-electron chi connectivity index (χ0n) is 19.6.